The number of amides is 1. The third kappa shape index (κ3) is 1.38. The van der Waals surface area contributed by atoms with Gasteiger partial charge in [-0.1, -0.05) is 6.92 Å². The summed E-state index contributed by atoms with van der Waals surface area (Å²) in [6.45, 7) is 7.24. The SMILES string of the molecule is CC1CN(C(C)C)C1C(N)=O. The van der Waals surface area contributed by atoms with Gasteiger partial charge in [0.1, 0.15) is 0 Å². The molecule has 3 nitrogen and oxygen atoms in total. The average Bonchev–Trinajstić information content (AvgIpc) is 1.80. The van der Waals surface area contributed by atoms with Crippen molar-refractivity contribution in [2.45, 2.75) is 32.9 Å². The van der Waals surface area contributed by atoms with Crippen molar-refractivity contribution in [3.63, 3.8) is 0 Å². The number of carbonyl (C=O) groups is 1. The minimum atomic E-state index is -0.183. The lowest BCUT2D eigenvalue weighted by Crippen LogP contribution is -2.63. The largest absolute Gasteiger partial charge is 0.368 e. The predicted octanol–water partition coefficient (Wildman–Crippen LogP) is 0.200. The molecule has 0 aromatic carbocycles. The van der Waals surface area contributed by atoms with Gasteiger partial charge in [-0.15, -0.1) is 0 Å². The summed E-state index contributed by atoms with van der Waals surface area (Å²) < 4.78 is 0. The van der Waals surface area contributed by atoms with E-state index < -0.39 is 0 Å². The molecular formula is C8H16N2O. The van der Waals surface area contributed by atoms with E-state index in [0.717, 1.165) is 6.54 Å². The van der Waals surface area contributed by atoms with Crippen molar-refractivity contribution in [2.24, 2.45) is 11.7 Å². The lowest BCUT2D eigenvalue weighted by Gasteiger charge is -2.47. The minimum Gasteiger partial charge on any atom is -0.368 e. The zero-order valence-corrected chi connectivity index (χ0v) is 7.37. The molecule has 0 aromatic rings. The van der Waals surface area contributed by atoms with E-state index in [9.17, 15) is 4.79 Å². The van der Waals surface area contributed by atoms with Crippen molar-refractivity contribution >= 4 is 5.91 Å². The summed E-state index contributed by atoms with van der Waals surface area (Å²) in [6.07, 6.45) is 0. The molecule has 1 rings (SSSR count). The van der Waals surface area contributed by atoms with Crippen LogP contribution in [0.1, 0.15) is 20.8 Å². The number of nitrogens with two attached hydrogens (primary N) is 1. The van der Waals surface area contributed by atoms with Crippen LogP contribution in [0.4, 0.5) is 0 Å². The number of hydrogen-bond donors (Lipinski definition) is 1. The van der Waals surface area contributed by atoms with E-state index in [1.807, 2.05) is 0 Å². The zero-order valence-electron chi connectivity index (χ0n) is 7.37. The van der Waals surface area contributed by atoms with E-state index in [1.54, 1.807) is 0 Å². The Morgan fingerprint density at radius 3 is 2.36 bits per heavy atom. The van der Waals surface area contributed by atoms with E-state index in [1.165, 1.54) is 0 Å². The third-order valence-electron chi connectivity index (χ3n) is 2.35. The summed E-state index contributed by atoms with van der Waals surface area (Å²) in [4.78, 5) is 13.0. The van der Waals surface area contributed by atoms with Gasteiger partial charge in [0.2, 0.25) is 5.91 Å². The Labute approximate surface area is 67.5 Å². The molecule has 0 spiro atoms. The van der Waals surface area contributed by atoms with Gasteiger partial charge in [-0.2, -0.15) is 0 Å². The first-order chi connectivity index (χ1) is 5.04. The molecule has 1 aliphatic heterocycles. The first-order valence-corrected chi connectivity index (χ1v) is 4.09. The van der Waals surface area contributed by atoms with E-state index >= 15 is 0 Å². The molecule has 0 saturated carbocycles. The van der Waals surface area contributed by atoms with Crippen LogP contribution in [-0.2, 0) is 4.79 Å². The highest BCUT2D eigenvalue weighted by atomic mass is 16.1. The summed E-state index contributed by atoms with van der Waals surface area (Å²) in [7, 11) is 0. The molecule has 2 N–H and O–H groups in total. The number of rotatable bonds is 2. The second kappa shape index (κ2) is 2.81. The topological polar surface area (TPSA) is 46.3 Å². The fourth-order valence-electron chi connectivity index (χ4n) is 1.71. The maximum Gasteiger partial charge on any atom is 0.235 e. The molecule has 2 atom stereocenters. The van der Waals surface area contributed by atoms with E-state index in [2.05, 4.69) is 25.7 Å². The van der Waals surface area contributed by atoms with Gasteiger partial charge in [-0.3, -0.25) is 9.69 Å². The molecule has 0 aliphatic carbocycles. The van der Waals surface area contributed by atoms with Crippen LogP contribution >= 0.6 is 0 Å². The van der Waals surface area contributed by atoms with Gasteiger partial charge in [-0.25, -0.2) is 0 Å². The number of primary amides is 1. The van der Waals surface area contributed by atoms with Crippen LogP contribution in [-0.4, -0.2) is 29.4 Å². The summed E-state index contributed by atoms with van der Waals surface area (Å²) >= 11 is 0. The van der Waals surface area contributed by atoms with E-state index in [4.69, 9.17) is 5.73 Å². The zero-order chi connectivity index (χ0) is 8.59. The van der Waals surface area contributed by atoms with Crippen molar-refractivity contribution in [1.29, 1.82) is 0 Å². The quantitative estimate of drug-likeness (QED) is 0.621. The molecule has 2 unspecified atom stereocenters. The summed E-state index contributed by atoms with van der Waals surface area (Å²) in [5.74, 6) is 0.257. The van der Waals surface area contributed by atoms with Gasteiger partial charge >= 0.3 is 0 Å². The molecule has 1 amide bonds. The fraction of sp³-hybridized carbons (Fsp3) is 0.875. The molecule has 1 fully saturated rings. The molecule has 1 heterocycles. The highest BCUT2D eigenvalue weighted by molar-refractivity contribution is 5.81. The van der Waals surface area contributed by atoms with Crippen LogP contribution in [0.2, 0.25) is 0 Å². The predicted molar refractivity (Wildman–Crippen MR) is 44.0 cm³/mol. The first-order valence-electron chi connectivity index (χ1n) is 4.09. The van der Waals surface area contributed by atoms with Gasteiger partial charge in [0.15, 0.2) is 0 Å². The Morgan fingerprint density at radius 1 is 1.64 bits per heavy atom. The summed E-state index contributed by atoms with van der Waals surface area (Å²) in [5, 5.41) is 0. The van der Waals surface area contributed by atoms with Gasteiger partial charge < -0.3 is 5.73 Å². The highest BCUT2D eigenvalue weighted by Gasteiger charge is 2.40. The van der Waals surface area contributed by atoms with Gasteiger partial charge in [0.25, 0.3) is 0 Å². The molecule has 11 heavy (non-hydrogen) atoms. The van der Waals surface area contributed by atoms with Crippen LogP contribution < -0.4 is 5.73 Å². The van der Waals surface area contributed by atoms with Gasteiger partial charge in [-0.05, 0) is 19.8 Å². The molecule has 0 aromatic heterocycles. The number of carbonyl (C=O) groups excluding carboxylic acids is 1. The smallest absolute Gasteiger partial charge is 0.235 e. The van der Waals surface area contributed by atoms with Crippen LogP contribution in [0, 0.1) is 5.92 Å². The Morgan fingerprint density at radius 2 is 2.18 bits per heavy atom. The molecule has 1 saturated heterocycles. The second-order valence-electron chi connectivity index (χ2n) is 3.62. The third-order valence-corrected chi connectivity index (χ3v) is 2.35. The van der Waals surface area contributed by atoms with Crippen molar-refractivity contribution < 1.29 is 4.79 Å². The normalized spacial score (nSPS) is 32.0. The average molecular weight is 156 g/mol. The Kier molecular flexibility index (Phi) is 2.18. The van der Waals surface area contributed by atoms with Crippen molar-refractivity contribution in [1.82, 2.24) is 4.90 Å². The fourth-order valence-corrected chi connectivity index (χ4v) is 1.71. The Balaban J connectivity index is 2.55. The molecule has 1 aliphatic rings. The van der Waals surface area contributed by atoms with Crippen molar-refractivity contribution in [3.05, 3.63) is 0 Å². The standard InChI is InChI=1S/C8H16N2O/c1-5(2)10-4-6(3)7(10)8(9)11/h5-7H,4H2,1-3H3,(H2,9,11). The summed E-state index contributed by atoms with van der Waals surface area (Å²) in [6, 6.07) is 0.415. The van der Waals surface area contributed by atoms with Crippen molar-refractivity contribution in [3.8, 4) is 0 Å². The Bertz CT molecular complexity index is 167. The maximum absolute atomic E-state index is 10.9. The number of nitrogens with zero attached hydrogens (tertiary/aromatic N) is 1. The van der Waals surface area contributed by atoms with Gasteiger partial charge in [0, 0.05) is 12.6 Å². The lowest BCUT2D eigenvalue weighted by molar-refractivity contribution is -0.133. The lowest BCUT2D eigenvalue weighted by atomic mass is 9.88. The first kappa shape index (κ1) is 8.53. The monoisotopic (exact) mass is 156 g/mol. The molecule has 0 bridgehead atoms. The van der Waals surface area contributed by atoms with Crippen molar-refractivity contribution in [2.75, 3.05) is 6.54 Å². The van der Waals surface area contributed by atoms with E-state index in [0.29, 0.717) is 12.0 Å². The maximum atomic E-state index is 10.9. The number of likely N-dealkylation sites (tertiary alicyclic amines) is 1. The van der Waals surface area contributed by atoms with E-state index in [-0.39, 0.29) is 11.9 Å². The van der Waals surface area contributed by atoms with Crippen LogP contribution in [0.15, 0.2) is 0 Å². The summed E-state index contributed by atoms with van der Waals surface area (Å²) in [5.41, 5.74) is 5.24. The molecule has 0 radical (unpaired) electrons. The van der Waals surface area contributed by atoms with Crippen LogP contribution in [0.5, 0.6) is 0 Å². The highest BCUT2D eigenvalue weighted by Crippen LogP contribution is 2.25. The van der Waals surface area contributed by atoms with Gasteiger partial charge in [0.05, 0.1) is 6.04 Å². The minimum absolute atomic E-state index is 0.0185. The second-order valence-corrected chi connectivity index (χ2v) is 3.62. The van der Waals surface area contributed by atoms with Crippen LogP contribution in [0.3, 0.4) is 0 Å². The molecular weight excluding hydrogens is 140 g/mol. The van der Waals surface area contributed by atoms with Crippen LogP contribution in [0.25, 0.3) is 0 Å². The molecule has 64 valence electrons. The number of hydrogen-bond acceptors (Lipinski definition) is 2. The Hall–Kier alpha value is -0.570. The molecule has 3 heteroatoms.